The van der Waals surface area contributed by atoms with Crippen LogP contribution >= 0.6 is 0 Å². The summed E-state index contributed by atoms with van der Waals surface area (Å²) in [6, 6.07) is 7.90. The second-order valence-corrected chi connectivity index (χ2v) is 6.66. The number of hydrogen-bond acceptors (Lipinski definition) is 3. The Morgan fingerprint density at radius 2 is 2.00 bits per heavy atom. The minimum Gasteiger partial charge on any atom is -0.493 e. The minimum absolute atomic E-state index is 0.307. The number of guanidine groups is 1. The highest BCUT2D eigenvalue weighted by Gasteiger charge is 2.10. The van der Waals surface area contributed by atoms with Crippen LogP contribution in [-0.4, -0.2) is 39.9 Å². The summed E-state index contributed by atoms with van der Waals surface area (Å²) >= 11 is 0. The van der Waals surface area contributed by atoms with E-state index in [1.165, 1.54) is 0 Å². The molecule has 23 heavy (non-hydrogen) atoms. The van der Waals surface area contributed by atoms with E-state index in [4.69, 9.17) is 9.47 Å². The van der Waals surface area contributed by atoms with E-state index in [1.807, 2.05) is 24.3 Å². The van der Waals surface area contributed by atoms with Gasteiger partial charge in [0, 0.05) is 45.5 Å². The molecule has 1 aromatic carbocycles. The molecule has 0 aliphatic rings. The lowest BCUT2D eigenvalue weighted by atomic mass is 9.92. The van der Waals surface area contributed by atoms with Gasteiger partial charge in [0.15, 0.2) is 5.96 Å². The summed E-state index contributed by atoms with van der Waals surface area (Å²) in [6.45, 7) is 8.94. The van der Waals surface area contributed by atoms with Gasteiger partial charge in [-0.05, 0) is 24.0 Å². The smallest absolute Gasteiger partial charge is 0.195 e. The van der Waals surface area contributed by atoms with Gasteiger partial charge in [-0.2, -0.15) is 0 Å². The second-order valence-electron chi connectivity index (χ2n) is 6.66. The summed E-state index contributed by atoms with van der Waals surface area (Å²) in [7, 11) is 3.47. The summed E-state index contributed by atoms with van der Waals surface area (Å²) in [5.74, 6) is 1.61. The van der Waals surface area contributed by atoms with Gasteiger partial charge in [-0.25, -0.2) is 0 Å². The third-order valence-corrected chi connectivity index (χ3v) is 3.25. The number of rotatable bonds is 8. The van der Waals surface area contributed by atoms with E-state index in [1.54, 1.807) is 14.2 Å². The number of anilines is 1. The average molecular weight is 321 g/mol. The second kappa shape index (κ2) is 10.1. The maximum Gasteiger partial charge on any atom is 0.195 e. The largest absolute Gasteiger partial charge is 0.493 e. The molecule has 130 valence electrons. The van der Waals surface area contributed by atoms with Crippen LogP contribution in [0.4, 0.5) is 5.69 Å². The molecule has 0 amide bonds. The van der Waals surface area contributed by atoms with Crippen molar-refractivity contribution in [2.45, 2.75) is 33.6 Å². The predicted octanol–water partition coefficient (Wildman–Crippen LogP) is 3.53. The highest BCUT2D eigenvalue weighted by atomic mass is 16.5. The maximum atomic E-state index is 5.71. The lowest BCUT2D eigenvalue weighted by Crippen LogP contribution is -2.33. The summed E-state index contributed by atoms with van der Waals surface area (Å²) < 4.78 is 10.7. The maximum absolute atomic E-state index is 5.71. The molecule has 5 nitrogen and oxygen atoms in total. The lowest BCUT2D eigenvalue weighted by molar-refractivity contribution is 0.172. The van der Waals surface area contributed by atoms with Crippen LogP contribution in [0, 0.1) is 5.41 Å². The monoisotopic (exact) mass is 321 g/mol. The van der Waals surface area contributed by atoms with Gasteiger partial charge in [-0.1, -0.05) is 26.8 Å². The Balaban J connectivity index is 2.48. The van der Waals surface area contributed by atoms with Crippen LogP contribution in [0.2, 0.25) is 0 Å². The molecule has 2 N–H and O–H groups in total. The lowest BCUT2D eigenvalue weighted by Gasteiger charge is -2.19. The number of aliphatic imine (C=N–C) groups is 1. The van der Waals surface area contributed by atoms with Crippen LogP contribution in [0.5, 0.6) is 5.75 Å². The Hall–Kier alpha value is -1.75. The van der Waals surface area contributed by atoms with Crippen molar-refractivity contribution in [3.8, 4) is 5.75 Å². The van der Waals surface area contributed by atoms with E-state index < -0.39 is 0 Å². The highest BCUT2D eigenvalue weighted by Crippen LogP contribution is 2.18. The van der Waals surface area contributed by atoms with Gasteiger partial charge in [-0.15, -0.1) is 0 Å². The van der Waals surface area contributed by atoms with Crippen molar-refractivity contribution in [2.24, 2.45) is 10.4 Å². The molecule has 1 rings (SSSR count). The van der Waals surface area contributed by atoms with Crippen LogP contribution in [0.15, 0.2) is 29.3 Å². The van der Waals surface area contributed by atoms with Crippen molar-refractivity contribution in [2.75, 3.05) is 39.2 Å². The Morgan fingerprint density at radius 1 is 1.22 bits per heavy atom. The minimum atomic E-state index is 0.307. The molecule has 0 aliphatic heterocycles. The molecule has 0 saturated heterocycles. The third kappa shape index (κ3) is 9.08. The van der Waals surface area contributed by atoms with Gasteiger partial charge in [0.25, 0.3) is 0 Å². The normalized spacial score (nSPS) is 12.1. The molecular weight excluding hydrogens is 290 g/mol. The Labute approximate surface area is 140 Å². The molecule has 0 unspecified atom stereocenters. The first-order valence-corrected chi connectivity index (χ1v) is 8.14. The van der Waals surface area contributed by atoms with Crippen LogP contribution in [0.1, 0.15) is 33.6 Å². The van der Waals surface area contributed by atoms with Crippen LogP contribution in [0.25, 0.3) is 0 Å². The number of nitrogens with one attached hydrogen (secondary N) is 2. The van der Waals surface area contributed by atoms with Crippen molar-refractivity contribution < 1.29 is 9.47 Å². The van der Waals surface area contributed by atoms with E-state index in [0.717, 1.165) is 36.8 Å². The SMILES string of the molecule is CN=C(NCCC(C)(C)C)Nc1cccc(OCCCOC)c1. The van der Waals surface area contributed by atoms with Crippen molar-refractivity contribution >= 4 is 11.6 Å². The van der Waals surface area contributed by atoms with Crippen molar-refractivity contribution in [1.82, 2.24) is 5.32 Å². The first-order chi connectivity index (χ1) is 10.9. The molecular formula is C18H31N3O2. The zero-order valence-electron chi connectivity index (χ0n) is 15.1. The van der Waals surface area contributed by atoms with E-state index >= 15 is 0 Å². The molecule has 5 heteroatoms. The molecule has 1 aromatic rings. The van der Waals surface area contributed by atoms with Gasteiger partial charge in [0.1, 0.15) is 5.75 Å². The number of methoxy groups -OCH3 is 1. The van der Waals surface area contributed by atoms with Gasteiger partial charge >= 0.3 is 0 Å². The molecule has 0 fully saturated rings. The molecule has 0 spiro atoms. The van der Waals surface area contributed by atoms with E-state index in [0.29, 0.717) is 18.6 Å². The first kappa shape index (κ1) is 19.3. The zero-order chi connectivity index (χ0) is 17.1. The van der Waals surface area contributed by atoms with E-state index in [2.05, 4.69) is 36.4 Å². The van der Waals surface area contributed by atoms with E-state index in [-0.39, 0.29) is 0 Å². The van der Waals surface area contributed by atoms with E-state index in [9.17, 15) is 0 Å². The van der Waals surface area contributed by atoms with Crippen LogP contribution < -0.4 is 15.4 Å². The Kier molecular flexibility index (Phi) is 8.48. The third-order valence-electron chi connectivity index (χ3n) is 3.25. The topological polar surface area (TPSA) is 54.9 Å². The molecule has 0 bridgehead atoms. The molecule has 0 aromatic heterocycles. The quantitative estimate of drug-likeness (QED) is 0.437. The molecule has 0 radical (unpaired) electrons. The zero-order valence-corrected chi connectivity index (χ0v) is 15.1. The summed E-state index contributed by atoms with van der Waals surface area (Å²) in [5, 5.41) is 6.63. The fourth-order valence-electron chi connectivity index (χ4n) is 1.93. The number of hydrogen-bond donors (Lipinski definition) is 2. The first-order valence-electron chi connectivity index (χ1n) is 8.14. The molecule has 0 heterocycles. The average Bonchev–Trinajstić information content (AvgIpc) is 2.50. The van der Waals surface area contributed by atoms with Gasteiger partial charge < -0.3 is 20.1 Å². The van der Waals surface area contributed by atoms with Crippen LogP contribution in [-0.2, 0) is 4.74 Å². The van der Waals surface area contributed by atoms with Crippen LogP contribution in [0.3, 0.4) is 0 Å². The van der Waals surface area contributed by atoms with Crippen molar-refractivity contribution in [3.63, 3.8) is 0 Å². The molecule has 0 saturated carbocycles. The molecule has 0 aliphatic carbocycles. The van der Waals surface area contributed by atoms with Gasteiger partial charge in [0.2, 0.25) is 0 Å². The summed E-state index contributed by atoms with van der Waals surface area (Å²) in [6.07, 6.45) is 1.96. The fraction of sp³-hybridized carbons (Fsp3) is 0.611. The fourth-order valence-corrected chi connectivity index (χ4v) is 1.93. The number of nitrogens with zero attached hydrogens (tertiary/aromatic N) is 1. The number of ether oxygens (including phenoxy) is 2. The van der Waals surface area contributed by atoms with Crippen molar-refractivity contribution in [3.05, 3.63) is 24.3 Å². The Morgan fingerprint density at radius 3 is 2.65 bits per heavy atom. The van der Waals surface area contributed by atoms with Crippen molar-refractivity contribution in [1.29, 1.82) is 0 Å². The summed E-state index contributed by atoms with van der Waals surface area (Å²) in [5.41, 5.74) is 1.26. The highest BCUT2D eigenvalue weighted by molar-refractivity contribution is 5.93. The van der Waals surface area contributed by atoms with Gasteiger partial charge in [-0.3, -0.25) is 4.99 Å². The molecule has 0 atom stereocenters. The standard InChI is InChI=1S/C18H31N3O2/c1-18(2,3)10-11-20-17(19-4)21-15-8-6-9-16(14-15)23-13-7-12-22-5/h6,8-9,14H,7,10-13H2,1-5H3,(H2,19,20,21). The van der Waals surface area contributed by atoms with Gasteiger partial charge in [0.05, 0.1) is 6.61 Å². The predicted molar refractivity (Wildman–Crippen MR) is 97.5 cm³/mol. The summed E-state index contributed by atoms with van der Waals surface area (Å²) in [4.78, 5) is 4.26. The Bertz CT molecular complexity index is 481. The number of benzene rings is 1.